The van der Waals surface area contributed by atoms with Crippen LogP contribution in [0.2, 0.25) is 0 Å². The second-order valence-electron chi connectivity index (χ2n) is 9.65. The molecule has 1 aliphatic heterocycles. The van der Waals surface area contributed by atoms with Crippen LogP contribution in [0.5, 0.6) is 5.75 Å². The Balaban J connectivity index is 1.72. The van der Waals surface area contributed by atoms with Gasteiger partial charge in [-0.3, -0.25) is 9.59 Å². The molecule has 4 rings (SSSR count). The minimum Gasteiger partial charge on any atom is -0.457 e. The third kappa shape index (κ3) is 4.96. The van der Waals surface area contributed by atoms with Gasteiger partial charge in [0.2, 0.25) is 0 Å². The highest BCUT2D eigenvalue weighted by Crippen LogP contribution is 2.47. The predicted molar refractivity (Wildman–Crippen MR) is 128 cm³/mol. The van der Waals surface area contributed by atoms with Gasteiger partial charge in [-0.25, -0.2) is 4.79 Å². The van der Waals surface area contributed by atoms with E-state index < -0.39 is 17.9 Å². The fourth-order valence-corrected chi connectivity index (χ4v) is 4.74. The Hall–Kier alpha value is -3.67. The van der Waals surface area contributed by atoms with Crippen LogP contribution in [0.1, 0.15) is 57.6 Å². The number of rotatable bonds is 5. The zero-order valence-corrected chi connectivity index (χ0v) is 19.9. The van der Waals surface area contributed by atoms with Crippen LogP contribution in [0.4, 0.5) is 0 Å². The van der Waals surface area contributed by atoms with Gasteiger partial charge >= 0.3 is 11.9 Å². The van der Waals surface area contributed by atoms with Crippen LogP contribution in [0.25, 0.3) is 0 Å². The van der Waals surface area contributed by atoms with Gasteiger partial charge in [-0.1, -0.05) is 56.3 Å². The molecule has 0 amide bonds. The first-order chi connectivity index (χ1) is 16.1. The summed E-state index contributed by atoms with van der Waals surface area (Å²) in [5, 5.41) is 3.34. The van der Waals surface area contributed by atoms with Gasteiger partial charge in [0, 0.05) is 36.2 Å². The average Bonchev–Trinajstić information content (AvgIpc) is 2.76. The van der Waals surface area contributed by atoms with E-state index in [9.17, 15) is 14.4 Å². The topological polar surface area (TPSA) is 81.7 Å². The monoisotopic (exact) mass is 459 g/mol. The maximum Gasteiger partial charge on any atom is 0.337 e. The molecule has 0 bridgehead atoms. The van der Waals surface area contributed by atoms with Crippen molar-refractivity contribution in [3.8, 4) is 5.75 Å². The van der Waals surface area contributed by atoms with E-state index >= 15 is 0 Å². The molecule has 0 saturated heterocycles. The van der Waals surface area contributed by atoms with Crippen molar-refractivity contribution in [2.45, 2.75) is 53.1 Å². The highest BCUT2D eigenvalue weighted by molar-refractivity contribution is 6.04. The Bertz CT molecular complexity index is 1190. The number of Topliss-reactive ketones (excluding diaryl/α,β-unsaturated/α-hetero) is 1. The fraction of sp³-hybridized carbons (Fsp3) is 0.321. The van der Waals surface area contributed by atoms with Gasteiger partial charge in [-0.15, -0.1) is 0 Å². The first-order valence-electron chi connectivity index (χ1n) is 11.4. The van der Waals surface area contributed by atoms with Crippen LogP contribution in [0, 0.1) is 5.41 Å². The number of benzene rings is 2. The molecular formula is C28H29NO5. The van der Waals surface area contributed by atoms with Crippen molar-refractivity contribution in [1.82, 2.24) is 5.32 Å². The predicted octanol–water partition coefficient (Wildman–Crippen LogP) is 4.96. The van der Waals surface area contributed by atoms with E-state index in [0.29, 0.717) is 35.4 Å². The zero-order valence-electron chi connectivity index (χ0n) is 19.9. The SMILES string of the molecule is CC(=O)Oc1ccc([C@H]2C(C(=O)OCc3ccccc3)=C(C)NC3=C2C(=O)CC(C)(C)C3)cc1. The summed E-state index contributed by atoms with van der Waals surface area (Å²) in [6, 6.07) is 16.4. The number of ether oxygens (including phenoxy) is 2. The van der Waals surface area contributed by atoms with Crippen molar-refractivity contribution in [2.24, 2.45) is 5.41 Å². The number of esters is 2. The third-order valence-electron chi connectivity index (χ3n) is 6.15. The molecule has 0 spiro atoms. The normalized spacial score (nSPS) is 19.3. The van der Waals surface area contributed by atoms with Gasteiger partial charge in [-0.2, -0.15) is 0 Å². The minimum atomic E-state index is -0.561. The molecule has 176 valence electrons. The number of allylic oxidation sites excluding steroid dienone is 3. The first-order valence-corrected chi connectivity index (χ1v) is 11.4. The van der Waals surface area contributed by atoms with E-state index in [2.05, 4.69) is 19.2 Å². The van der Waals surface area contributed by atoms with Crippen LogP contribution in [0.15, 0.2) is 77.1 Å². The lowest BCUT2D eigenvalue weighted by atomic mass is 9.68. The molecule has 2 aromatic rings. The van der Waals surface area contributed by atoms with Gasteiger partial charge in [0.25, 0.3) is 0 Å². The summed E-state index contributed by atoms with van der Waals surface area (Å²) in [7, 11) is 0. The summed E-state index contributed by atoms with van der Waals surface area (Å²) in [5.41, 5.74) is 4.04. The van der Waals surface area contributed by atoms with Crippen LogP contribution in [-0.2, 0) is 25.7 Å². The Morgan fingerprint density at radius 3 is 2.35 bits per heavy atom. The maximum absolute atomic E-state index is 13.4. The van der Waals surface area contributed by atoms with E-state index in [1.807, 2.05) is 37.3 Å². The molecule has 1 atom stereocenters. The summed E-state index contributed by atoms with van der Waals surface area (Å²) >= 11 is 0. The van der Waals surface area contributed by atoms with Crippen molar-refractivity contribution in [3.63, 3.8) is 0 Å². The highest BCUT2D eigenvalue weighted by atomic mass is 16.5. The van der Waals surface area contributed by atoms with Crippen LogP contribution in [0.3, 0.4) is 0 Å². The number of dihydropyridines is 1. The summed E-state index contributed by atoms with van der Waals surface area (Å²) in [5.74, 6) is -1.01. The molecular weight excluding hydrogens is 430 g/mol. The molecule has 0 radical (unpaired) electrons. The Labute approximate surface area is 199 Å². The molecule has 2 aromatic carbocycles. The molecule has 0 aromatic heterocycles. The van der Waals surface area contributed by atoms with E-state index in [0.717, 1.165) is 16.8 Å². The van der Waals surface area contributed by atoms with Gasteiger partial charge in [-0.05, 0) is 42.0 Å². The van der Waals surface area contributed by atoms with E-state index in [4.69, 9.17) is 9.47 Å². The highest BCUT2D eigenvalue weighted by Gasteiger charge is 2.43. The molecule has 34 heavy (non-hydrogen) atoms. The van der Waals surface area contributed by atoms with Crippen LogP contribution >= 0.6 is 0 Å². The van der Waals surface area contributed by atoms with Crippen molar-refractivity contribution in [1.29, 1.82) is 0 Å². The minimum absolute atomic E-state index is 0.0219. The van der Waals surface area contributed by atoms with Gasteiger partial charge in [0.05, 0.1) is 5.57 Å². The first kappa shape index (κ1) is 23.5. The van der Waals surface area contributed by atoms with Crippen molar-refractivity contribution in [2.75, 3.05) is 0 Å². The number of carbonyl (C=O) groups is 3. The Kier molecular flexibility index (Phi) is 6.42. The maximum atomic E-state index is 13.4. The lowest BCUT2D eigenvalue weighted by Crippen LogP contribution is -2.38. The number of hydrogen-bond acceptors (Lipinski definition) is 6. The molecule has 0 fully saturated rings. The molecule has 2 aliphatic rings. The molecule has 6 nitrogen and oxygen atoms in total. The summed E-state index contributed by atoms with van der Waals surface area (Å²) in [6.07, 6.45) is 1.11. The number of nitrogens with one attached hydrogen (secondary N) is 1. The second-order valence-corrected chi connectivity index (χ2v) is 9.65. The lowest BCUT2D eigenvalue weighted by molar-refractivity contribution is -0.140. The van der Waals surface area contributed by atoms with E-state index in [1.54, 1.807) is 24.3 Å². The molecule has 0 saturated carbocycles. The van der Waals surface area contributed by atoms with Crippen molar-refractivity contribution >= 4 is 17.7 Å². The average molecular weight is 460 g/mol. The second kappa shape index (κ2) is 9.29. The Morgan fingerprint density at radius 2 is 1.71 bits per heavy atom. The quantitative estimate of drug-likeness (QED) is 0.503. The zero-order chi connectivity index (χ0) is 24.5. The Morgan fingerprint density at radius 1 is 1.03 bits per heavy atom. The van der Waals surface area contributed by atoms with Crippen LogP contribution < -0.4 is 10.1 Å². The van der Waals surface area contributed by atoms with Crippen LogP contribution in [-0.4, -0.2) is 17.7 Å². The summed E-state index contributed by atoms with van der Waals surface area (Å²) in [6.45, 7) is 7.47. The van der Waals surface area contributed by atoms with Crippen molar-refractivity contribution < 1.29 is 23.9 Å². The van der Waals surface area contributed by atoms with E-state index in [-0.39, 0.29) is 17.8 Å². The fourth-order valence-electron chi connectivity index (χ4n) is 4.74. The standard InChI is InChI=1S/C28H29NO5/c1-17-24(27(32)33-16-19-8-6-5-7-9-19)25(20-10-12-21(13-11-20)34-18(2)30)26-22(29-17)14-28(3,4)15-23(26)31/h5-13,25,29H,14-16H2,1-4H3/t25-/m0/s1. The van der Waals surface area contributed by atoms with Crippen molar-refractivity contribution in [3.05, 3.63) is 88.3 Å². The summed E-state index contributed by atoms with van der Waals surface area (Å²) in [4.78, 5) is 38.0. The van der Waals surface area contributed by atoms with Gasteiger partial charge in [0.15, 0.2) is 5.78 Å². The smallest absolute Gasteiger partial charge is 0.337 e. The molecule has 0 unspecified atom stereocenters. The summed E-state index contributed by atoms with van der Waals surface area (Å²) < 4.78 is 10.8. The number of ketones is 1. The third-order valence-corrected chi connectivity index (χ3v) is 6.15. The lowest BCUT2D eigenvalue weighted by Gasteiger charge is -2.39. The molecule has 1 aliphatic carbocycles. The largest absolute Gasteiger partial charge is 0.457 e. The molecule has 1 heterocycles. The van der Waals surface area contributed by atoms with Gasteiger partial charge in [0.1, 0.15) is 12.4 Å². The number of carbonyl (C=O) groups excluding carboxylic acids is 3. The van der Waals surface area contributed by atoms with Gasteiger partial charge < -0.3 is 14.8 Å². The number of hydrogen-bond donors (Lipinski definition) is 1. The molecule has 6 heteroatoms. The van der Waals surface area contributed by atoms with E-state index in [1.165, 1.54) is 6.92 Å². The molecule has 1 N–H and O–H groups in total.